The molecule has 2 heterocycles. The van der Waals surface area contributed by atoms with Crippen molar-refractivity contribution in [2.75, 3.05) is 0 Å². The Bertz CT molecular complexity index is 1470. The van der Waals surface area contributed by atoms with Crippen LogP contribution in [0.15, 0.2) is 112 Å². The molecule has 0 saturated carbocycles. The van der Waals surface area contributed by atoms with Gasteiger partial charge in [-0.1, -0.05) is 54.6 Å². The first-order valence-corrected chi connectivity index (χ1v) is 12.1. The SMILES string of the molecule is N#Cc1ccccc1COc1ccccc1/C=C1\SC(=Nc2ccccc2)N(Cc2ccco2)C1=O. The summed E-state index contributed by atoms with van der Waals surface area (Å²) in [6.45, 7) is 0.529. The predicted molar refractivity (Wildman–Crippen MR) is 140 cm³/mol. The first-order chi connectivity index (χ1) is 17.7. The molecule has 176 valence electrons. The maximum atomic E-state index is 13.4. The number of carbonyl (C=O) groups excluding carboxylic acids is 1. The minimum Gasteiger partial charge on any atom is -0.488 e. The molecule has 6 nitrogen and oxygen atoms in total. The Labute approximate surface area is 213 Å². The molecule has 0 radical (unpaired) electrons. The smallest absolute Gasteiger partial charge is 0.267 e. The van der Waals surface area contributed by atoms with Crippen molar-refractivity contribution in [1.29, 1.82) is 5.26 Å². The van der Waals surface area contributed by atoms with E-state index in [1.165, 1.54) is 11.8 Å². The lowest BCUT2D eigenvalue weighted by Crippen LogP contribution is -2.28. The summed E-state index contributed by atoms with van der Waals surface area (Å²) < 4.78 is 11.6. The van der Waals surface area contributed by atoms with Crippen LogP contribution in [0.25, 0.3) is 6.08 Å². The molecule has 0 unspecified atom stereocenters. The molecule has 5 rings (SSSR count). The summed E-state index contributed by atoms with van der Waals surface area (Å²) in [5.41, 5.74) is 2.90. The van der Waals surface area contributed by atoms with Crippen molar-refractivity contribution < 1.29 is 13.9 Å². The number of ether oxygens (including phenoxy) is 1. The van der Waals surface area contributed by atoms with E-state index in [-0.39, 0.29) is 19.1 Å². The van der Waals surface area contributed by atoms with E-state index in [1.54, 1.807) is 23.3 Å². The molecule has 36 heavy (non-hydrogen) atoms. The number of carbonyl (C=O) groups is 1. The molecule has 0 aliphatic carbocycles. The average Bonchev–Trinajstić information content (AvgIpc) is 3.53. The molecule has 1 fully saturated rings. The monoisotopic (exact) mass is 491 g/mol. The van der Waals surface area contributed by atoms with Crippen molar-refractivity contribution in [3.05, 3.63) is 125 Å². The van der Waals surface area contributed by atoms with Crippen molar-refractivity contribution in [2.24, 2.45) is 4.99 Å². The third kappa shape index (κ3) is 5.24. The molecule has 3 aromatic carbocycles. The molecule has 0 spiro atoms. The van der Waals surface area contributed by atoms with Crippen molar-refractivity contribution in [2.45, 2.75) is 13.2 Å². The number of hydrogen-bond donors (Lipinski definition) is 0. The Kier molecular flexibility index (Phi) is 6.97. The first-order valence-electron chi connectivity index (χ1n) is 11.3. The number of nitriles is 1. The third-order valence-corrected chi connectivity index (χ3v) is 6.50. The third-order valence-electron chi connectivity index (χ3n) is 5.49. The van der Waals surface area contributed by atoms with E-state index in [9.17, 15) is 10.1 Å². The van der Waals surface area contributed by atoms with E-state index < -0.39 is 0 Å². The maximum Gasteiger partial charge on any atom is 0.267 e. The normalized spacial score (nSPS) is 15.4. The van der Waals surface area contributed by atoms with Crippen molar-refractivity contribution >= 4 is 34.6 Å². The first kappa shape index (κ1) is 23.2. The highest BCUT2D eigenvalue weighted by Gasteiger charge is 2.34. The predicted octanol–water partition coefficient (Wildman–Crippen LogP) is 6.53. The van der Waals surface area contributed by atoms with Gasteiger partial charge in [0.1, 0.15) is 18.1 Å². The minimum atomic E-state index is -0.157. The zero-order chi connectivity index (χ0) is 24.7. The highest BCUT2D eigenvalue weighted by atomic mass is 32.2. The van der Waals surface area contributed by atoms with Crippen molar-refractivity contribution in [3.8, 4) is 11.8 Å². The van der Waals surface area contributed by atoms with Crippen LogP contribution in [0.3, 0.4) is 0 Å². The summed E-state index contributed by atoms with van der Waals surface area (Å²) >= 11 is 1.31. The van der Waals surface area contributed by atoms with Crippen LogP contribution in [-0.2, 0) is 17.9 Å². The topological polar surface area (TPSA) is 78.8 Å². The lowest BCUT2D eigenvalue weighted by molar-refractivity contribution is -0.122. The van der Waals surface area contributed by atoms with Crippen LogP contribution in [-0.4, -0.2) is 16.0 Å². The lowest BCUT2D eigenvalue weighted by atomic mass is 10.1. The quantitative estimate of drug-likeness (QED) is 0.275. The van der Waals surface area contributed by atoms with Gasteiger partial charge in [-0.15, -0.1) is 0 Å². The Morgan fingerprint density at radius 2 is 1.75 bits per heavy atom. The maximum absolute atomic E-state index is 13.4. The van der Waals surface area contributed by atoms with E-state index in [1.807, 2.05) is 84.9 Å². The highest BCUT2D eigenvalue weighted by Crippen LogP contribution is 2.36. The van der Waals surface area contributed by atoms with Crippen LogP contribution >= 0.6 is 11.8 Å². The number of aliphatic imine (C=N–C) groups is 1. The number of para-hydroxylation sites is 2. The van der Waals surface area contributed by atoms with Gasteiger partial charge in [0.05, 0.1) is 35.0 Å². The summed E-state index contributed by atoms with van der Waals surface area (Å²) in [5, 5.41) is 9.94. The van der Waals surface area contributed by atoms with Gasteiger partial charge >= 0.3 is 0 Å². The summed E-state index contributed by atoms with van der Waals surface area (Å²) in [5.74, 6) is 1.14. The largest absolute Gasteiger partial charge is 0.488 e. The number of hydrogen-bond acceptors (Lipinski definition) is 6. The van der Waals surface area contributed by atoms with E-state index in [0.29, 0.717) is 27.1 Å². The van der Waals surface area contributed by atoms with Gasteiger partial charge in [0.15, 0.2) is 5.17 Å². The second-order valence-corrected chi connectivity index (χ2v) is 8.92. The zero-order valence-electron chi connectivity index (χ0n) is 19.2. The molecule has 1 saturated heterocycles. The van der Waals surface area contributed by atoms with Gasteiger partial charge in [-0.3, -0.25) is 9.69 Å². The molecule has 1 aromatic heterocycles. The number of amides is 1. The molecular formula is C29H21N3O3S. The molecule has 1 aliphatic rings. The van der Waals surface area contributed by atoms with Gasteiger partial charge in [-0.05, 0) is 54.2 Å². The average molecular weight is 492 g/mol. The van der Waals surface area contributed by atoms with Gasteiger partial charge in [0.2, 0.25) is 0 Å². The van der Waals surface area contributed by atoms with Gasteiger partial charge < -0.3 is 9.15 Å². The van der Waals surface area contributed by atoms with Crippen LogP contribution in [0.1, 0.15) is 22.5 Å². The fourth-order valence-electron chi connectivity index (χ4n) is 3.69. The molecule has 4 aromatic rings. The number of furan rings is 1. The molecular weight excluding hydrogens is 470 g/mol. The Morgan fingerprint density at radius 1 is 0.972 bits per heavy atom. The summed E-state index contributed by atoms with van der Waals surface area (Å²) in [4.78, 5) is 20.3. The number of amidine groups is 1. The second kappa shape index (κ2) is 10.8. The van der Waals surface area contributed by atoms with Crippen LogP contribution in [0, 0.1) is 11.3 Å². The Hall–Kier alpha value is -4.54. The van der Waals surface area contributed by atoms with E-state index in [4.69, 9.17) is 14.1 Å². The van der Waals surface area contributed by atoms with Crippen LogP contribution in [0.4, 0.5) is 5.69 Å². The zero-order valence-corrected chi connectivity index (χ0v) is 20.0. The highest BCUT2D eigenvalue weighted by molar-refractivity contribution is 8.18. The molecule has 0 N–H and O–H groups in total. The fourth-order valence-corrected chi connectivity index (χ4v) is 4.67. The number of rotatable bonds is 7. The minimum absolute atomic E-state index is 0.157. The molecule has 0 atom stereocenters. The van der Waals surface area contributed by atoms with Gasteiger partial charge in [-0.25, -0.2) is 4.99 Å². The van der Waals surface area contributed by atoms with Gasteiger partial charge in [0, 0.05) is 11.1 Å². The number of benzene rings is 3. The fraction of sp³-hybridized carbons (Fsp3) is 0.0690. The van der Waals surface area contributed by atoms with Crippen LogP contribution < -0.4 is 4.74 Å². The van der Waals surface area contributed by atoms with E-state index >= 15 is 0 Å². The summed E-state index contributed by atoms with van der Waals surface area (Å²) in [6, 6.07) is 30.2. The van der Waals surface area contributed by atoms with E-state index in [2.05, 4.69) is 6.07 Å². The number of thioether (sulfide) groups is 1. The molecule has 1 aliphatic heterocycles. The molecule has 0 bridgehead atoms. The van der Waals surface area contributed by atoms with Crippen molar-refractivity contribution in [1.82, 2.24) is 4.90 Å². The van der Waals surface area contributed by atoms with E-state index in [0.717, 1.165) is 16.8 Å². The van der Waals surface area contributed by atoms with Gasteiger partial charge in [0.25, 0.3) is 5.91 Å². The standard InChI is InChI=1S/C29H21N3O3S/c30-18-22-10-4-5-11-23(22)20-35-26-15-7-6-9-21(26)17-27-28(33)32(19-25-14-8-16-34-25)29(36-27)31-24-12-2-1-3-13-24/h1-17H,19-20H2/b27-17-,31-29?. The Balaban J connectivity index is 1.44. The van der Waals surface area contributed by atoms with Crippen molar-refractivity contribution in [3.63, 3.8) is 0 Å². The summed E-state index contributed by atoms with van der Waals surface area (Å²) in [7, 11) is 0. The molecule has 1 amide bonds. The lowest BCUT2D eigenvalue weighted by Gasteiger charge is -2.14. The van der Waals surface area contributed by atoms with Crippen LogP contribution in [0.5, 0.6) is 5.75 Å². The summed E-state index contributed by atoms with van der Waals surface area (Å²) in [6.07, 6.45) is 3.41. The van der Waals surface area contributed by atoms with Gasteiger partial charge in [-0.2, -0.15) is 5.26 Å². The number of nitrogens with zero attached hydrogens (tertiary/aromatic N) is 3. The van der Waals surface area contributed by atoms with Crippen LogP contribution in [0.2, 0.25) is 0 Å². The second-order valence-electron chi connectivity index (χ2n) is 7.91. The Morgan fingerprint density at radius 3 is 2.56 bits per heavy atom. The molecule has 7 heteroatoms.